The van der Waals surface area contributed by atoms with E-state index in [2.05, 4.69) is 22.2 Å². The summed E-state index contributed by atoms with van der Waals surface area (Å²) in [5, 5.41) is 6.09. The lowest BCUT2D eigenvalue weighted by atomic mass is 9.89. The van der Waals surface area contributed by atoms with Gasteiger partial charge in [-0.3, -0.25) is 9.59 Å². The van der Waals surface area contributed by atoms with Crippen LogP contribution in [0.3, 0.4) is 0 Å². The highest BCUT2D eigenvalue weighted by Gasteiger charge is 2.32. The highest BCUT2D eigenvalue weighted by Crippen LogP contribution is 2.27. The van der Waals surface area contributed by atoms with Crippen molar-refractivity contribution in [3.8, 4) is 0 Å². The van der Waals surface area contributed by atoms with Gasteiger partial charge in [0.05, 0.1) is 21.3 Å². The van der Waals surface area contributed by atoms with E-state index in [0.717, 1.165) is 35.9 Å². The van der Waals surface area contributed by atoms with Crippen molar-refractivity contribution in [2.24, 2.45) is 0 Å². The molecule has 0 bridgehead atoms. The van der Waals surface area contributed by atoms with Crippen molar-refractivity contribution in [3.63, 3.8) is 0 Å². The Balaban J connectivity index is 1.71. The number of aromatic nitrogens is 1. The van der Waals surface area contributed by atoms with Gasteiger partial charge in [-0.15, -0.1) is 11.3 Å². The molecule has 0 saturated heterocycles. The van der Waals surface area contributed by atoms with Crippen LogP contribution in [0.4, 0.5) is 0 Å². The summed E-state index contributed by atoms with van der Waals surface area (Å²) in [5.41, 5.74) is 2.92. The first-order valence-corrected chi connectivity index (χ1v) is 9.56. The molecule has 0 radical (unpaired) electrons. The van der Waals surface area contributed by atoms with Crippen LogP contribution in [-0.2, 0) is 4.79 Å². The third-order valence-corrected chi connectivity index (χ3v) is 5.61. The predicted molar refractivity (Wildman–Crippen MR) is 101 cm³/mol. The Morgan fingerprint density at radius 1 is 1.24 bits per heavy atom. The summed E-state index contributed by atoms with van der Waals surface area (Å²) in [6.45, 7) is 3.98. The molecule has 25 heavy (non-hydrogen) atoms. The molecule has 5 nitrogen and oxygen atoms in total. The molecule has 1 aromatic heterocycles. The Bertz CT molecular complexity index is 776. The van der Waals surface area contributed by atoms with Gasteiger partial charge in [-0.05, 0) is 37.1 Å². The number of thiazole rings is 1. The fourth-order valence-electron chi connectivity index (χ4n) is 3.41. The fourth-order valence-corrected chi connectivity index (χ4v) is 4.13. The number of rotatable bonds is 5. The number of nitrogens with zero attached hydrogens (tertiary/aromatic N) is 1. The van der Waals surface area contributed by atoms with Crippen LogP contribution in [0, 0.1) is 0 Å². The Morgan fingerprint density at radius 2 is 2.00 bits per heavy atom. The number of fused-ring (bicyclic) bond motifs is 1. The average molecular weight is 357 g/mol. The molecule has 6 heteroatoms. The van der Waals surface area contributed by atoms with Crippen LogP contribution in [0.1, 0.15) is 48.9 Å². The van der Waals surface area contributed by atoms with Crippen LogP contribution in [0.5, 0.6) is 0 Å². The second-order valence-electron chi connectivity index (χ2n) is 6.61. The molecule has 0 atom stereocenters. The Hall–Kier alpha value is -2.21. The Kier molecular flexibility index (Phi) is 5.48. The van der Waals surface area contributed by atoms with E-state index in [9.17, 15) is 9.59 Å². The summed E-state index contributed by atoms with van der Waals surface area (Å²) in [4.78, 5) is 28.7. The van der Waals surface area contributed by atoms with Crippen LogP contribution in [0.25, 0.3) is 10.2 Å². The van der Waals surface area contributed by atoms with Crippen molar-refractivity contribution in [1.82, 2.24) is 15.6 Å². The monoisotopic (exact) mass is 357 g/mol. The zero-order chi connectivity index (χ0) is 17.7. The Morgan fingerprint density at radius 3 is 2.72 bits per heavy atom. The summed E-state index contributed by atoms with van der Waals surface area (Å²) < 4.78 is 0.997. The van der Waals surface area contributed by atoms with E-state index in [-0.39, 0.29) is 17.4 Å². The first-order chi connectivity index (χ1) is 12.1. The molecule has 0 aliphatic heterocycles. The standard InChI is InChI=1S/C19H23N3O2S/c1-2-17(23)22-19(9-5-3-4-6-10-19)12-20-18(24)14-7-8-15-16(11-14)25-13-21-15/h2,7-8,11,13H,1,3-6,9-10,12H2,(H,20,24)(H,22,23). The van der Waals surface area contributed by atoms with Gasteiger partial charge in [-0.1, -0.05) is 32.3 Å². The molecular weight excluding hydrogens is 334 g/mol. The summed E-state index contributed by atoms with van der Waals surface area (Å²) in [6, 6.07) is 5.52. The number of benzene rings is 1. The van der Waals surface area contributed by atoms with Gasteiger partial charge in [0.15, 0.2) is 0 Å². The highest BCUT2D eigenvalue weighted by molar-refractivity contribution is 7.16. The van der Waals surface area contributed by atoms with Crippen LogP contribution in [-0.4, -0.2) is 28.9 Å². The van der Waals surface area contributed by atoms with Crippen LogP contribution in [0.2, 0.25) is 0 Å². The number of carbonyl (C=O) groups excluding carboxylic acids is 2. The third-order valence-electron chi connectivity index (χ3n) is 4.82. The maximum Gasteiger partial charge on any atom is 0.251 e. The van der Waals surface area contributed by atoms with E-state index < -0.39 is 0 Å². The van der Waals surface area contributed by atoms with Crippen molar-refractivity contribution < 1.29 is 9.59 Å². The van der Waals surface area contributed by atoms with E-state index in [1.807, 2.05) is 12.1 Å². The number of amides is 2. The lowest BCUT2D eigenvalue weighted by molar-refractivity contribution is -0.118. The van der Waals surface area contributed by atoms with E-state index in [1.54, 1.807) is 11.6 Å². The first-order valence-electron chi connectivity index (χ1n) is 8.68. The maximum atomic E-state index is 12.6. The smallest absolute Gasteiger partial charge is 0.251 e. The Labute approximate surface area is 151 Å². The fraction of sp³-hybridized carbons (Fsp3) is 0.421. The quantitative estimate of drug-likeness (QED) is 0.636. The molecule has 3 rings (SSSR count). The van der Waals surface area contributed by atoms with E-state index in [1.165, 1.54) is 30.3 Å². The second kappa shape index (κ2) is 7.78. The van der Waals surface area contributed by atoms with Gasteiger partial charge in [-0.25, -0.2) is 4.98 Å². The van der Waals surface area contributed by atoms with Gasteiger partial charge in [0.2, 0.25) is 5.91 Å². The molecule has 0 unspecified atom stereocenters. The molecule has 1 fully saturated rings. The molecule has 2 amide bonds. The van der Waals surface area contributed by atoms with Gasteiger partial charge >= 0.3 is 0 Å². The normalized spacial score (nSPS) is 16.8. The van der Waals surface area contributed by atoms with Crippen molar-refractivity contribution in [3.05, 3.63) is 41.9 Å². The molecule has 0 spiro atoms. The maximum absolute atomic E-state index is 12.6. The van der Waals surface area contributed by atoms with Crippen LogP contribution < -0.4 is 10.6 Å². The average Bonchev–Trinajstić information content (AvgIpc) is 2.98. The minimum atomic E-state index is -0.383. The van der Waals surface area contributed by atoms with Gasteiger partial charge in [0.25, 0.3) is 5.91 Å². The van der Waals surface area contributed by atoms with Crippen molar-refractivity contribution in [2.75, 3.05) is 6.54 Å². The van der Waals surface area contributed by atoms with Crippen LogP contribution in [0.15, 0.2) is 36.4 Å². The van der Waals surface area contributed by atoms with Gasteiger partial charge in [0.1, 0.15) is 0 Å². The highest BCUT2D eigenvalue weighted by atomic mass is 32.1. The molecule has 132 valence electrons. The van der Waals surface area contributed by atoms with E-state index in [4.69, 9.17) is 0 Å². The number of hydrogen-bond acceptors (Lipinski definition) is 4. The van der Waals surface area contributed by atoms with E-state index >= 15 is 0 Å². The molecule has 1 aromatic carbocycles. The predicted octanol–water partition coefficient (Wildman–Crippen LogP) is 3.42. The zero-order valence-electron chi connectivity index (χ0n) is 14.2. The first kappa shape index (κ1) is 17.6. The van der Waals surface area contributed by atoms with Crippen molar-refractivity contribution >= 4 is 33.4 Å². The number of nitrogens with one attached hydrogen (secondary N) is 2. The summed E-state index contributed by atoms with van der Waals surface area (Å²) in [5.74, 6) is -0.297. The van der Waals surface area contributed by atoms with Crippen molar-refractivity contribution in [1.29, 1.82) is 0 Å². The molecular formula is C19H23N3O2S. The third kappa shape index (κ3) is 4.25. The lowest BCUT2D eigenvalue weighted by Gasteiger charge is -2.34. The zero-order valence-corrected chi connectivity index (χ0v) is 15.0. The minimum Gasteiger partial charge on any atom is -0.350 e. The molecule has 1 saturated carbocycles. The minimum absolute atomic E-state index is 0.119. The van der Waals surface area contributed by atoms with Gasteiger partial charge < -0.3 is 10.6 Å². The lowest BCUT2D eigenvalue weighted by Crippen LogP contribution is -2.55. The number of carbonyl (C=O) groups is 2. The summed E-state index contributed by atoms with van der Waals surface area (Å²) >= 11 is 1.52. The molecule has 1 aliphatic carbocycles. The van der Waals surface area contributed by atoms with Gasteiger partial charge in [-0.2, -0.15) is 0 Å². The molecule has 2 N–H and O–H groups in total. The second-order valence-corrected chi connectivity index (χ2v) is 7.49. The molecule has 1 heterocycles. The summed E-state index contributed by atoms with van der Waals surface area (Å²) in [7, 11) is 0. The largest absolute Gasteiger partial charge is 0.350 e. The topological polar surface area (TPSA) is 71.1 Å². The van der Waals surface area contributed by atoms with Gasteiger partial charge in [0, 0.05) is 12.1 Å². The molecule has 2 aromatic rings. The number of hydrogen-bond donors (Lipinski definition) is 2. The summed E-state index contributed by atoms with van der Waals surface area (Å²) in [6.07, 6.45) is 7.50. The van der Waals surface area contributed by atoms with E-state index in [0.29, 0.717) is 12.1 Å². The van der Waals surface area contributed by atoms with Crippen molar-refractivity contribution in [2.45, 2.75) is 44.1 Å². The molecule has 1 aliphatic rings. The SMILES string of the molecule is C=CC(=O)NC1(CNC(=O)c2ccc3ncsc3c2)CCCCCC1. The van der Waals surface area contributed by atoms with Crippen LogP contribution >= 0.6 is 11.3 Å².